The van der Waals surface area contributed by atoms with Crippen LogP contribution in [0.2, 0.25) is 0 Å². The molecule has 0 unspecified atom stereocenters. The number of nitrogens with one attached hydrogen (secondary N) is 2. The van der Waals surface area contributed by atoms with Crippen LogP contribution in [0.3, 0.4) is 0 Å². The average Bonchev–Trinajstić information content (AvgIpc) is 2.89. The summed E-state index contributed by atoms with van der Waals surface area (Å²) in [7, 11) is 0. The number of aryl methyl sites for hydroxylation is 1. The van der Waals surface area contributed by atoms with Gasteiger partial charge in [-0.15, -0.1) is 0 Å². The van der Waals surface area contributed by atoms with E-state index in [0.29, 0.717) is 39.1 Å². The number of amides is 3. The summed E-state index contributed by atoms with van der Waals surface area (Å²) in [5.74, 6) is 0.491. The van der Waals surface area contributed by atoms with E-state index < -0.39 is 11.5 Å². The molecule has 2 fully saturated rings. The Bertz CT molecular complexity index is 941. The quantitative estimate of drug-likeness (QED) is 0.667. The van der Waals surface area contributed by atoms with Gasteiger partial charge < -0.3 is 25.0 Å². The predicted molar refractivity (Wildman–Crippen MR) is 137 cm³/mol. The molecule has 1 aromatic carbocycles. The van der Waals surface area contributed by atoms with Crippen molar-refractivity contribution in [3.8, 4) is 5.75 Å². The molecule has 2 N–H and O–H groups in total. The van der Waals surface area contributed by atoms with Gasteiger partial charge in [0.05, 0.1) is 12.0 Å². The van der Waals surface area contributed by atoms with Gasteiger partial charge in [0.1, 0.15) is 11.8 Å². The number of nitrogens with zero attached hydrogens (tertiary/aromatic N) is 1. The number of ether oxygens (including phenoxy) is 2. The fraction of sp³-hybridized carbons (Fsp3) is 0.679. The zero-order chi connectivity index (χ0) is 25.5. The van der Waals surface area contributed by atoms with Crippen LogP contribution in [0.5, 0.6) is 5.75 Å². The van der Waals surface area contributed by atoms with E-state index in [1.807, 2.05) is 24.0 Å². The standard InChI is InChI=1S/C28H41N3O5/c1-20-18-35-17-6-5-12-28(27(34)30-21(2)26(33)29-20)13-15-31(16-14-28)25(32)19-36-24-11-7-9-22-8-3-4-10-23(22)24/h7,9,11,20-21H,3-6,8,10,12-19H2,1-2H3,(H,29,33)(H,30,34)/t20-,21-/m0/s1. The molecule has 36 heavy (non-hydrogen) atoms. The summed E-state index contributed by atoms with van der Waals surface area (Å²) >= 11 is 0. The Labute approximate surface area is 214 Å². The molecule has 4 rings (SSSR count). The van der Waals surface area contributed by atoms with Crippen molar-refractivity contribution in [2.24, 2.45) is 5.41 Å². The summed E-state index contributed by atoms with van der Waals surface area (Å²) in [6.07, 6.45) is 8.05. The van der Waals surface area contributed by atoms with E-state index in [4.69, 9.17) is 9.47 Å². The lowest BCUT2D eigenvalue weighted by atomic mass is 9.73. The number of carbonyl (C=O) groups is 3. The van der Waals surface area contributed by atoms with E-state index in [-0.39, 0.29) is 30.4 Å². The van der Waals surface area contributed by atoms with Crippen LogP contribution in [-0.4, -0.2) is 67.6 Å². The van der Waals surface area contributed by atoms with E-state index in [1.54, 1.807) is 6.92 Å². The van der Waals surface area contributed by atoms with Crippen molar-refractivity contribution in [3.05, 3.63) is 29.3 Å². The lowest BCUT2D eigenvalue weighted by molar-refractivity contribution is -0.143. The van der Waals surface area contributed by atoms with Gasteiger partial charge in [0, 0.05) is 25.7 Å². The number of carbonyl (C=O) groups excluding carboxylic acids is 3. The molecule has 8 nitrogen and oxygen atoms in total. The van der Waals surface area contributed by atoms with Gasteiger partial charge in [-0.1, -0.05) is 18.6 Å². The summed E-state index contributed by atoms with van der Waals surface area (Å²) in [6.45, 7) is 5.72. The minimum absolute atomic E-state index is 0.0162. The second-order valence-electron chi connectivity index (χ2n) is 10.7. The fourth-order valence-electron chi connectivity index (χ4n) is 5.64. The highest BCUT2D eigenvalue weighted by Gasteiger charge is 2.42. The van der Waals surface area contributed by atoms with Crippen molar-refractivity contribution < 1.29 is 23.9 Å². The maximum absolute atomic E-state index is 13.4. The van der Waals surface area contributed by atoms with E-state index in [0.717, 1.165) is 44.3 Å². The third kappa shape index (κ3) is 6.38. The molecule has 1 aliphatic carbocycles. The summed E-state index contributed by atoms with van der Waals surface area (Å²) in [6, 6.07) is 5.39. The normalized spacial score (nSPS) is 25.4. The molecule has 2 atom stereocenters. The Morgan fingerprint density at radius 1 is 1.06 bits per heavy atom. The zero-order valence-corrected chi connectivity index (χ0v) is 21.8. The maximum Gasteiger partial charge on any atom is 0.260 e. The van der Waals surface area contributed by atoms with Crippen LogP contribution in [0.4, 0.5) is 0 Å². The number of piperidine rings is 1. The van der Waals surface area contributed by atoms with Crippen LogP contribution in [0.1, 0.15) is 69.9 Å². The van der Waals surface area contributed by atoms with Crippen LogP contribution >= 0.6 is 0 Å². The van der Waals surface area contributed by atoms with Crippen LogP contribution in [-0.2, 0) is 32.0 Å². The molecule has 8 heteroatoms. The Kier molecular flexibility index (Phi) is 8.88. The van der Waals surface area contributed by atoms with Gasteiger partial charge in [0.25, 0.3) is 5.91 Å². The molecule has 3 amide bonds. The van der Waals surface area contributed by atoms with Gasteiger partial charge in [-0.2, -0.15) is 0 Å². The second kappa shape index (κ2) is 12.1. The molecule has 2 heterocycles. The molecular formula is C28H41N3O5. The summed E-state index contributed by atoms with van der Waals surface area (Å²) in [5, 5.41) is 5.85. The van der Waals surface area contributed by atoms with Crippen molar-refractivity contribution in [2.45, 2.75) is 83.7 Å². The van der Waals surface area contributed by atoms with Crippen molar-refractivity contribution in [3.63, 3.8) is 0 Å². The monoisotopic (exact) mass is 499 g/mol. The molecule has 0 saturated carbocycles. The van der Waals surface area contributed by atoms with Gasteiger partial charge in [-0.25, -0.2) is 0 Å². The van der Waals surface area contributed by atoms with Crippen LogP contribution < -0.4 is 15.4 Å². The van der Waals surface area contributed by atoms with E-state index in [9.17, 15) is 14.4 Å². The zero-order valence-electron chi connectivity index (χ0n) is 21.8. The highest BCUT2D eigenvalue weighted by atomic mass is 16.5. The first-order valence-corrected chi connectivity index (χ1v) is 13.6. The number of hydrogen-bond acceptors (Lipinski definition) is 5. The first-order valence-electron chi connectivity index (χ1n) is 13.6. The lowest BCUT2D eigenvalue weighted by Gasteiger charge is -2.41. The van der Waals surface area contributed by atoms with Gasteiger partial charge in [0.15, 0.2) is 6.61 Å². The average molecular weight is 500 g/mol. The third-order valence-corrected chi connectivity index (χ3v) is 7.95. The Hall–Kier alpha value is -2.61. The molecule has 2 saturated heterocycles. The molecule has 0 aromatic heterocycles. The highest BCUT2D eigenvalue weighted by molar-refractivity contribution is 5.90. The number of likely N-dealkylation sites (tertiary alicyclic amines) is 1. The Morgan fingerprint density at radius 3 is 2.64 bits per heavy atom. The summed E-state index contributed by atoms with van der Waals surface area (Å²) in [5.41, 5.74) is 1.99. The first kappa shape index (κ1) is 26.5. The minimum atomic E-state index is -0.623. The van der Waals surface area contributed by atoms with Crippen molar-refractivity contribution in [2.75, 3.05) is 32.9 Å². The SMILES string of the molecule is C[C@@H]1NC(=O)C2(CCCCOC[C@H](C)NC1=O)CCN(C(=O)COc1cccc3c1CCCC3)CC2. The van der Waals surface area contributed by atoms with Crippen molar-refractivity contribution >= 4 is 17.7 Å². The van der Waals surface area contributed by atoms with Crippen molar-refractivity contribution in [1.29, 1.82) is 0 Å². The molecule has 1 aromatic rings. The second-order valence-corrected chi connectivity index (χ2v) is 10.7. The Morgan fingerprint density at radius 2 is 1.83 bits per heavy atom. The van der Waals surface area contributed by atoms with E-state index in [2.05, 4.69) is 16.7 Å². The molecule has 3 aliphatic rings. The molecule has 0 bridgehead atoms. The van der Waals surface area contributed by atoms with Crippen LogP contribution in [0.15, 0.2) is 18.2 Å². The highest BCUT2D eigenvalue weighted by Crippen LogP contribution is 2.37. The Balaban J connectivity index is 1.35. The lowest BCUT2D eigenvalue weighted by Crippen LogP contribution is -2.55. The molecule has 2 aliphatic heterocycles. The largest absolute Gasteiger partial charge is 0.483 e. The smallest absolute Gasteiger partial charge is 0.260 e. The molecule has 0 radical (unpaired) electrons. The third-order valence-electron chi connectivity index (χ3n) is 7.95. The summed E-state index contributed by atoms with van der Waals surface area (Å²) in [4.78, 5) is 40.7. The van der Waals surface area contributed by atoms with Crippen molar-refractivity contribution in [1.82, 2.24) is 15.5 Å². The van der Waals surface area contributed by atoms with Crippen LogP contribution in [0.25, 0.3) is 0 Å². The predicted octanol–water partition coefficient (Wildman–Crippen LogP) is 2.76. The maximum atomic E-state index is 13.4. The first-order chi connectivity index (χ1) is 17.4. The van der Waals surface area contributed by atoms with Gasteiger partial charge in [-0.05, 0) is 82.4 Å². The molecule has 1 spiro atoms. The van der Waals surface area contributed by atoms with Crippen LogP contribution in [0, 0.1) is 5.41 Å². The van der Waals surface area contributed by atoms with E-state index in [1.165, 1.54) is 17.5 Å². The van der Waals surface area contributed by atoms with Gasteiger partial charge >= 0.3 is 0 Å². The number of fused-ring (bicyclic) bond motifs is 1. The molecule has 198 valence electrons. The summed E-state index contributed by atoms with van der Waals surface area (Å²) < 4.78 is 11.7. The number of rotatable bonds is 3. The topological polar surface area (TPSA) is 97.0 Å². The fourth-order valence-corrected chi connectivity index (χ4v) is 5.64. The molecular weight excluding hydrogens is 458 g/mol. The van der Waals surface area contributed by atoms with E-state index >= 15 is 0 Å². The van der Waals surface area contributed by atoms with Gasteiger partial charge in [-0.3, -0.25) is 14.4 Å². The minimum Gasteiger partial charge on any atom is -0.483 e. The number of hydrogen-bond donors (Lipinski definition) is 2. The number of benzene rings is 1. The van der Waals surface area contributed by atoms with Gasteiger partial charge in [0.2, 0.25) is 11.8 Å².